The van der Waals surface area contributed by atoms with Gasteiger partial charge in [0.1, 0.15) is 12.2 Å². The molecule has 0 radical (unpaired) electrons. The van der Waals surface area contributed by atoms with E-state index in [4.69, 9.17) is 19.3 Å². The molecular weight excluding hydrogens is 312 g/mol. The van der Waals surface area contributed by atoms with Crippen LogP contribution in [0, 0.1) is 11.8 Å². The van der Waals surface area contributed by atoms with E-state index in [0.29, 0.717) is 0 Å². The molecule has 0 aromatic carbocycles. The van der Waals surface area contributed by atoms with Crippen molar-refractivity contribution in [3.63, 3.8) is 0 Å². The van der Waals surface area contributed by atoms with Crippen molar-refractivity contribution in [1.82, 2.24) is 0 Å². The molecule has 0 aliphatic heterocycles. The van der Waals surface area contributed by atoms with Gasteiger partial charge in [-0.25, -0.2) is 0 Å². The molecule has 2 atom stereocenters. The summed E-state index contributed by atoms with van der Waals surface area (Å²) in [5.74, 6) is 4.40. The van der Waals surface area contributed by atoms with Crippen LogP contribution in [-0.2, 0) is 20.2 Å². The summed E-state index contributed by atoms with van der Waals surface area (Å²) >= 11 is 0. The van der Waals surface area contributed by atoms with E-state index in [1.807, 2.05) is 0 Å². The lowest BCUT2D eigenvalue weighted by molar-refractivity contribution is 0.243. The number of hydrogen-bond acceptors (Lipinski definition) is 6. The van der Waals surface area contributed by atoms with Gasteiger partial charge in [-0.1, -0.05) is 11.8 Å². The number of hydrogen-bond donors (Lipinski definition) is 4. The summed E-state index contributed by atoms with van der Waals surface area (Å²) in [6, 6.07) is 0. The highest BCUT2D eigenvalue weighted by atomic mass is 32.2. The maximum atomic E-state index is 9.56. The molecule has 0 aromatic heterocycles. The van der Waals surface area contributed by atoms with E-state index >= 15 is 0 Å². The van der Waals surface area contributed by atoms with Crippen molar-refractivity contribution in [3.05, 3.63) is 0 Å². The van der Waals surface area contributed by atoms with Gasteiger partial charge >= 0.3 is 0 Å². The van der Waals surface area contributed by atoms with Crippen LogP contribution in [0.2, 0.25) is 0 Å². The monoisotopic (exact) mass is 334 g/mol. The molecule has 0 aliphatic rings. The Balaban J connectivity index is -0.000000221. The third kappa shape index (κ3) is 43.3. The zero-order valence-electron chi connectivity index (χ0n) is 11.8. The van der Waals surface area contributed by atoms with Gasteiger partial charge < -0.3 is 10.2 Å². The molecule has 0 fully saturated rings. The van der Waals surface area contributed by atoms with Crippen LogP contribution in [0.4, 0.5) is 0 Å². The van der Waals surface area contributed by atoms with Crippen molar-refractivity contribution in [2.75, 3.05) is 11.5 Å². The second kappa shape index (κ2) is 12.1. The standard InChI is InChI=1S/C6H10O2.2C2H6O3S/c1-5(7)3-4-6(2)8;2*1-2-6(3,4)5/h5-8H,1-2H3;2*2H2,1H3,(H,3,4,5). The van der Waals surface area contributed by atoms with E-state index in [9.17, 15) is 16.8 Å². The average Bonchev–Trinajstić information content (AvgIpc) is 2.26. The van der Waals surface area contributed by atoms with Crippen LogP contribution < -0.4 is 0 Å². The van der Waals surface area contributed by atoms with Gasteiger partial charge in [0.25, 0.3) is 20.2 Å². The maximum absolute atomic E-state index is 9.56. The maximum Gasteiger partial charge on any atom is 0.264 e. The van der Waals surface area contributed by atoms with E-state index in [2.05, 4.69) is 11.8 Å². The fraction of sp³-hybridized carbons (Fsp3) is 0.800. The molecule has 0 saturated carbocycles. The Morgan fingerprint density at radius 1 is 0.800 bits per heavy atom. The van der Waals surface area contributed by atoms with Gasteiger partial charge in [0, 0.05) is 0 Å². The van der Waals surface area contributed by atoms with E-state index in [-0.39, 0.29) is 11.5 Å². The summed E-state index contributed by atoms with van der Waals surface area (Å²) in [4.78, 5) is 0. The zero-order chi connectivity index (χ0) is 17.0. The van der Waals surface area contributed by atoms with Crippen molar-refractivity contribution < 1.29 is 36.2 Å². The van der Waals surface area contributed by atoms with Gasteiger partial charge in [-0.15, -0.1) is 0 Å². The molecule has 0 aliphatic carbocycles. The molecule has 0 bridgehead atoms. The van der Waals surface area contributed by atoms with E-state index in [1.165, 1.54) is 13.8 Å². The van der Waals surface area contributed by atoms with E-state index in [0.717, 1.165) is 0 Å². The van der Waals surface area contributed by atoms with Crippen molar-refractivity contribution in [3.8, 4) is 11.8 Å². The van der Waals surface area contributed by atoms with Gasteiger partial charge in [-0.2, -0.15) is 16.8 Å². The number of aliphatic hydroxyl groups is 2. The second-order valence-corrected chi connectivity index (χ2v) is 6.86. The van der Waals surface area contributed by atoms with Crippen LogP contribution in [0.1, 0.15) is 27.7 Å². The summed E-state index contributed by atoms with van der Waals surface area (Å²) < 4.78 is 53.8. The van der Waals surface area contributed by atoms with Crippen LogP contribution in [0.25, 0.3) is 0 Å². The average molecular weight is 334 g/mol. The highest BCUT2D eigenvalue weighted by molar-refractivity contribution is 7.85. The van der Waals surface area contributed by atoms with Crippen LogP contribution >= 0.6 is 0 Å². The van der Waals surface area contributed by atoms with Crippen LogP contribution in [0.15, 0.2) is 0 Å². The van der Waals surface area contributed by atoms with Crippen LogP contribution in [-0.4, -0.2) is 59.9 Å². The first-order valence-corrected chi connectivity index (χ1v) is 8.74. The largest absolute Gasteiger partial charge is 0.381 e. The second-order valence-electron chi connectivity index (χ2n) is 3.38. The van der Waals surface area contributed by atoms with Crippen molar-refractivity contribution in [1.29, 1.82) is 0 Å². The number of aliphatic hydroxyl groups excluding tert-OH is 2. The van der Waals surface area contributed by atoms with E-state index < -0.39 is 32.4 Å². The molecule has 10 heteroatoms. The Bertz CT molecular complexity index is 435. The molecule has 0 aromatic rings. The predicted octanol–water partition coefficient (Wildman–Crippen LogP) is -0.460. The van der Waals surface area contributed by atoms with Gasteiger partial charge in [0.2, 0.25) is 0 Å². The molecule has 4 N–H and O–H groups in total. The zero-order valence-corrected chi connectivity index (χ0v) is 13.4. The predicted molar refractivity (Wildman–Crippen MR) is 75.3 cm³/mol. The third-order valence-electron chi connectivity index (χ3n) is 1.23. The Morgan fingerprint density at radius 2 is 0.950 bits per heavy atom. The third-order valence-corrected chi connectivity index (χ3v) is 2.69. The lowest BCUT2D eigenvalue weighted by Crippen LogP contribution is -1.98. The highest BCUT2D eigenvalue weighted by Crippen LogP contribution is 1.76. The summed E-state index contributed by atoms with van der Waals surface area (Å²) in [6.07, 6.45) is -1.27. The van der Waals surface area contributed by atoms with Crippen molar-refractivity contribution in [2.45, 2.75) is 39.9 Å². The summed E-state index contributed by atoms with van der Waals surface area (Å²) in [7, 11) is -7.32. The van der Waals surface area contributed by atoms with E-state index in [1.54, 1.807) is 13.8 Å². The quantitative estimate of drug-likeness (QED) is 0.391. The van der Waals surface area contributed by atoms with Crippen LogP contribution in [0.3, 0.4) is 0 Å². The minimum absolute atomic E-state index is 0.201. The molecular formula is C10H22O8S2. The minimum atomic E-state index is -3.66. The summed E-state index contributed by atoms with van der Waals surface area (Å²) in [6.45, 7) is 5.84. The molecule has 2 unspecified atom stereocenters. The SMILES string of the molecule is CC(O)C#CC(C)O.CCS(=O)(=O)O.CCS(=O)(=O)O. The highest BCUT2D eigenvalue weighted by Gasteiger charge is 1.94. The summed E-state index contributed by atoms with van der Waals surface area (Å²) in [5.41, 5.74) is 0. The smallest absolute Gasteiger partial charge is 0.264 e. The van der Waals surface area contributed by atoms with Crippen LogP contribution in [0.5, 0.6) is 0 Å². The van der Waals surface area contributed by atoms with Crippen molar-refractivity contribution in [2.24, 2.45) is 0 Å². The lowest BCUT2D eigenvalue weighted by Gasteiger charge is -1.89. The number of rotatable bonds is 2. The first-order chi connectivity index (χ1) is 8.75. The summed E-state index contributed by atoms with van der Waals surface area (Å²) in [5, 5.41) is 17.0. The molecule has 0 saturated heterocycles. The molecule has 122 valence electrons. The van der Waals surface area contributed by atoms with Gasteiger partial charge in [0.15, 0.2) is 0 Å². The van der Waals surface area contributed by atoms with Gasteiger partial charge in [0.05, 0.1) is 11.5 Å². The molecule has 0 heterocycles. The first kappa shape index (κ1) is 24.3. The van der Waals surface area contributed by atoms with Gasteiger partial charge in [-0.3, -0.25) is 9.11 Å². The fourth-order valence-corrected chi connectivity index (χ4v) is 0.241. The lowest BCUT2D eigenvalue weighted by atomic mass is 10.3. The Hall–Kier alpha value is -0.700. The fourth-order valence-electron chi connectivity index (χ4n) is 0.241. The Kier molecular flexibility index (Phi) is 14.7. The van der Waals surface area contributed by atoms with Crippen molar-refractivity contribution >= 4 is 20.2 Å². The van der Waals surface area contributed by atoms with Gasteiger partial charge in [-0.05, 0) is 27.7 Å². The first-order valence-electron chi connectivity index (χ1n) is 5.52. The Morgan fingerprint density at radius 3 is 1.00 bits per heavy atom. The topological polar surface area (TPSA) is 149 Å². The molecule has 20 heavy (non-hydrogen) atoms. The normalized spacial score (nSPS) is 13.4. The minimum Gasteiger partial charge on any atom is -0.381 e. The molecule has 0 amide bonds. The molecule has 0 rings (SSSR count). The molecule has 8 nitrogen and oxygen atoms in total. The molecule has 0 spiro atoms. The Labute approximate surface area is 120 Å².